The van der Waals surface area contributed by atoms with Gasteiger partial charge in [0.05, 0.1) is 5.92 Å². The van der Waals surface area contributed by atoms with Gasteiger partial charge in [0.25, 0.3) is 0 Å². The second-order valence-electron chi connectivity index (χ2n) is 2.42. The molecule has 0 rings (SSSR count). The SMILES string of the molecule is CC[C@H]([C@@H](N)C(=O)O)C(F)(F)F. The van der Waals surface area contributed by atoms with Crippen molar-refractivity contribution < 1.29 is 23.1 Å². The summed E-state index contributed by atoms with van der Waals surface area (Å²) in [5.41, 5.74) is 4.84. The first kappa shape index (κ1) is 11.2. The average Bonchev–Trinajstić information content (AvgIpc) is 1.85. The molecular formula is C6H10F3NO2. The molecule has 6 heteroatoms. The van der Waals surface area contributed by atoms with Gasteiger partial charge in [-0.1, -0.05) is 6.92 Å². The normalized spacial score (nSPS) is 17.1. The van der Waals surface area contributed by atoms with E-state index in [1.165, 1.54) is 6.92 Å². The van der Waals surface area contributed by atoms with Gasteiger partial charge in [-0.2, -0.15) is 13.2 Å². The highest BCUT2D eigenvalue weighted by Gasteiger charge is 2.44. The molecule has 0 heterocycles. The van der Waals surface area contributed by atoms with Crippen molar-refractivity contribution in [3.05, 3.63) is 0 Å². The molecule has 3 nitrogen and oxygen atoms in total. The third-order valence-corrected chi connectivity index (χ3v) is 1.58. The van der Waals surface area contributed by atoms with Crippen LogP contribution in [0.15, 0.2) is 0 Å². The first-order valence-corrected chi connectivity index (χ1v) is 3.35. The van der Waals surface area contributed by atoms with Gasteiger partial charge in [0.1, 0.15) is 6.04 Å². The minimum Gasteiger partial charge on any atom is -0.480 e. The summed E-state index contributed by atoms with van der Waals surface area (Å²) in [6, 6.07) is -1.87. The first-order chi connectivity index (χ1) is 5.30. The maximum absolute atomic E-state index is 12.0. The van der Waals surface area contributed by atoms with E-state index in [-0.39, 0.29) is 6.42 Å². The highest BCUT2D eigenvalue weighted by Crippen LogP contribution is 2.30. The zero-order valence-corrected chi connectivity index (χ0v) is 6.43. The summed E-state index contributed by atoms with van der Waals surface area (Å²) in [5, 5.41) is 8.22. The van der Waals surface area contributed by atoms with Gasteiger partial charge in [-0.05, 0) is 6.42 Å². The van der Waals surface area contributed by atoms with E-state index in [4.69, 9.17) is 10.8 Å². The van der Waals surface area contributed by atoms with Crippen LogP contribution in [0, 0.1) is 5.92 Å². The summed E-state index contributed by atoms with van der Waals surface area (Å²) in [7, 11) is 0. The van der Waals surface area contributed by atoms with Gasteiger partial charge < -0.3 is 10.8 Å². The molecule has 0 aliphatic rings. The van der Waals surface area contributed by atoms with Crippen LogP contribution in [0.25, 0.3) is 0 Å². The predicted molar refractivity (Wildman–Crippen MR) is 35.4 cm³/mol. The minimum atomic E-state index is -4.54. The van der Waals surface area contributed by atoms with Crippen LogP contribution in [-0.2, 0) is 4.79 Å². The summed E-state index contributed by atoms with van der Waals surface area (Å²) >= 11 is 0. The lowest BCUT2D eigenvalue weighted by molar-refractivity contribution is -0.187. The molecule has 0 aromatic carbocycles. The lowest BCUT2D eigenvalue weighted by Gasteiger charge is -2.21. The highest BCUT2D eigenvalue weighted by molar-refractivity contribution is 5.73. The number of nitrogens with two attached hydrogens (primary N) is 1. The number of alkyl halides is 3. The maximum atomic E-state index is 12.0. The zero-order chi connectivity index (χ0) is 9.94. The molecule has 0 saturated carbocycles. The third kappa shape index (κ3) is 2.69. The van der Waals surface area contributed by atoms with Gasteiger partial charge in [0.2, 0.25) is 0 Å². The van der Waals surface area contributed by atoms with Gasteiger partial charge in [-0.3, -0.25) is 4.79 Å². The molecule has 72 valence electrons. The number of carboxylic acids is 1. The van der Waals surface area contributed by atoms with Crippen molar-refractivity contribution in [3.8, 4) is 0 Å². The van der Waals surface area contributed by atoms with E-state index in [9.17, 15) is 18.0 Å². The van der Waals surface area contributed by atoms with E-state index in [1.807, 2.05) is 0 Å². The first-order valence-electron chi connectivity index (χ1n) is 3.35. The van der Waals surface area contributed by atoms with E-state index in [0.29, 0.717) is 0 Å². The lowest BCUT2D eigenvalue weighted by atomic mass is 9.97. The fraction of sp³-hybridized carbons (Fsp3) is 0.833. The molecule has 0 radical (unpaired) electrons. The standard InChI is InChI=1S/C6H10F3NO2/c1-2-3(6(7,8)9)4(10)5(11)12/h3-4H,2,10H2,1H3,(H,11,12)/t3-,4-/m1/s1. The summed E-state index contributed by atoms with van der Waals surface area (Å²) in [5.74, 6) is -3.59. The molecule has 0 unspecified atom stereocenters. The third-order valence-electron chi connectivity index (χ3n) is 1.58. The Morgan fingerprint density at radius 3 is 2.08 bits per heavy atom. The number of halogens is 3. The Balaban J connectivity index is 4.45. The van der Waals surface area contributed by atoms with Crippen LogP contribution in [0.3, 0.4) is 0 Å². The minimum absolute atomic E-state index is 0.322. The number of hydrogen-bond acceptors (Lipinski definition) is 2. The molecule has 0 aromatic heterocycles. The van der Waals surface area contributed by atoms with Crippen LogP contribution in [-0.4, -0.2) is 23.3 Å². The molecule has 2 atom stereocenters. The van der Waals surface area contributed by atoms with Crippen molar-refractivity contribution in [2.45, 2.75) is 25.6 Å². The molecule has 3 N–H and O–H groups in total. The van der Waals surface area contributed by atoms with Gasteiger partial charge in [-0.25, -0.2) is 0 Å². The van der Waals surface area contributed by atoms with Crippen molar-refractivity contribution in [1.29, 1.82) is 0 Å². The molecular weight excluding hydrogens is 175 g/mol. The second-order valence-corrected chi connectivity index (χ2v) is 2.42. The van der Waals surface area contributed by atoms with Crippen LogP contribution in [0.5, 0.6) is 0 Å². The topological polar surface area (TPSA) is 63.3 Å². The molecule has 0 amide bonds. The number of rotatable bonds is 3. The smallest absolute Gasteiger partial charge is 0.393 e. The fourth-order valence-corrected chi connectivity index (χ4v) is 0.861. The Morgan fingerprint density at radius 1 is 1.58 bits per heavy atom. The quantitative estimate of drug-likeness (QED) is 0.689. The molecule has 12 heavy (non-hydrogen) atoms. The Kier molecular flexibility index (Phi) is 3.51. The van der Waals surface area contributed by atoms with Crippen molar-refractivity contribution in [3.63, 3.8) is 0 Å². The van der Waals surface area contributed by atoms with E-state index in [0.717, 1.165) is 0 Å². The largest absolute Gasteiger partial charge is 0.480 e. The van der Waals surface area contributed by atoms with Crippen molar-refractivity contribution in [2.24, 2.45) is 11.7 Å². The Bertz CT molecular complexity index is 169. The summed E-state index contributed by atoms with van der Waals surface area (Å²) in [6.07, 6.45) is -4.86. The van der Waals surface area contributed by atoms with E-state index >= 15 is 0 Å². The summed E-state index contributed by atoms with van der Waals surface area (Å²) in [4.78, 5) is 10.1. The van der Waals surface area contributed by atoms with E-state index in [2.05, 4.69) is 0 Å². The zero-order valence-electron chi connectivity index (χ0n) is 6.43. The van der Waals surface area contributed by atoms with Gasteiger partial charge >= 0.3 is 12.1 Å². The lowest BCUT2D eigenvalue weighted by Crippen LogP contribution is -2.44. The second kappa shape index (κ2) is 3.75. The molecule has 0 aliphatic heterocycles. The summed E-state index contributed by atoms with van der Waals surface area (Å²) in [6.45, 7) is 1.25. The number of carbonyl (C=O) groups is 1. The monoisotopic (exact) mass is 185 g/mol. The fourth-order valence-electron chi connectivity index (χ4n) is 0.861. The van der Waals surface area contributed by atoms with Crippen LogP contribution in [0.1, 0.15) is 13.3 Å². The van der Waals surface area contributed by atoms with Crippen molar-refractivity contribution >= 4 is 5.97 Å². The number of aliphatic carboxylic acids is 1. The Hall–Kier alpha value is -0.780. The highest BCUT2D eigenvalue weighted by atomic mass is 19.4. The Labute approximate surface area is 67.4 Å². The van der Waals surface area contributed by atoms with Crippen molar-refractivity contribution in [1.82, 2.24) is 0 Å². The molecule has 0 bridgehead atoms. The molecule has 0 aromatic rings. The van der Waals surface area contributed by atoms with Crippen LogP contribution in [0.4, 0.5) is 13.2 Å². The summed E-state index contributed by atoms with van der Waals surface area (Å²) < 4.78 is 36.0. The molecule has 0 aliphatic carbocycles. The molecule has 0 fully saturated rings. The van der Waals surface area contributed by atoms with E-state index in [1.54, 1.807) is 0 Å². The van der Waals surface area contributed by atoms with Crippen LogP contribution < -0.4 is 5.73 Å². The molecule has 0 saturated heterocycles. The molecule has 0 spiro atoms. The van der Waals surface area contributed by atoms with Gasteiger partial charge in [0, 0.05) is 0 Å². The average molecular weight is 185 g/mol. The van der Waals surface area contributed by atoms with Gasteiger partial charge in [0.15, 0.2) is 0 Å². The van der Waals surface area contributed by atoms with Crippen LogP contribution in [0.2, 0.25) is 0 Å². The van der Waals surface area contributed by atoms with Gasteiger partial charge in [-0.15, -0.1) is 0 Å². The van der Waals surface area contributed by atoms with Crippen LogP contribution >= 0.6 is 0 Å². The van der Waals surface area contributed by atoms with E-state index < -0.39 is 24.1 Å². The number of carboxylic acid groups (broad SMARTS) is 1. The predicted octanol–water partition coefficient (Wildman–Crippen LogP) is 0.987. The maximum Gasteiger partial charge on any atom is 0.393 e. The van der Waals surface area contributed by atoms with Crippen molar-refractivity contribution in [2.75, 3.05) is 0 Å². The Morgan fingerprint density at radius 2 is 2.00 bits per heavy atom. The number of hydrogen-bond donors (Lipinski definition) is 2.